The van der Waals surface area contributed by atoms with Gasteiger partial charge in [-0.15, -0.1) is 0 Å². The van der Waals surface area contributed by atoms with E-state index in [1.807, 2.05) is 32.3 Å². The number of nitrogens with one attached hydrogen (secondary N) is 2. The standard InChI is InChI=1S/C16H27N3O2/c1-4-14-8-5-6-9-15(14)21-13-11-18-16(20)17-10-7-12-19(2)3/h5-6,8-9H,4,7,10-13H2,1-3H3,(H2,17,18,20). The minimum Gasteiger partial charge on any atom is -0.491 e. The van der Waals surface area contributed by atoms with E-state index in [1.165, 1.54) is 5.56 Å². The van der Waals surface area contributed by atoms with E-state index >= 15 is 0 Å². The van der Waals surface area contributed by atoms with Crippen molar-refractivity contribution < 1.29 is 9.53 Å². The van der Waals surface area contributed by atoms with Gasteiger partial charge in [-0.1, -0.05) is 25.1 Å². The second-order valence-corrected chi connectivity index (χ2v) is 5.15. The van der Waals surface area contributed by atoms with E-state index in [1.54, 1.807) is 0 Å². The Balaban J connectivity index is 2.12. The smallest absolute Gasteiger partial charge is 0.314 e. The molecule has 0 aromatic heterocycles. The van der Waals surface area contributed by atoms with Crippen molar-refractivity contribution in [2.75, 3.05) is 40.3 Å². The monoisotopic (exact) mass is 293 g/mol. The number of para-hydroxylation sites is 1. The van der Waals surface area contributed by atoms with Crippen LogP contribution in [0.4, 0.5) is 4.79 Å². The number of hydrogen-bond donors (Lipinski definition) is 2. The lowest BCUT2D eigenvalue weighted by atomic mass is 10.1. The van der Waals surface area contributed by atoms with Gasteiger partial charge in [0.1, 0.15) is 12.4 Å². The van der Waals surface area contributed by atoms with Crippen LogP contribution in [0.15, 0.2) is 24.3 Å². The minimum atomic E-state index is -0.138. The van der Waals surface area contributed by atoms with Crippen LogP contribution in [-0.4, -0.2) is 51.3 Å². The van der Waals surface area contributed by atoms with E-state index in [0.717, 1.165) is 25.1 Å². The molecular weight excluding hydrogens is 266 g/mol. The van der Waals surface area contributed by atoms with Crippen LogP contribution in [0.5, 0.6) is 5.75 Å². The zero-order chi connectivity index (χ0) is 15.5. The summed E-state index contributed by atoms with van der Waals surface area (Å²) in [5.74, 6) is 0.896. The summed E-state index contributed by atoms with van der Waals surface area (Å²) in [6.45, 7) is 4.72. The van der Waals surface area contributed by atoms with E-state index in [9.17, 15) is 4.79 Å². The number of aryl methyl sites for hydroxylation is 1. The highest BCUT2D eigenvalue weighted by Gasteiger charge is 2.02. The number of hydrogen-bond acceptors (Lipinski definition) is 3. The molecular formula is C16H27N3O2. The van der Waals surface area contributed by atoms with Gasteiger partial charge in [-0.2, -0.15) is 0 Å². The second kappa shape index (κ2) is 10.0. The second-order valence-electron chi connectivity index (χ2n) is 5.15. The van der Waals surface area contributed by atoms with Crippen molar-refractivity contribution >= 4 is 6.03 Å². The predicted octanol–water partition coefficient (Wildman–Crippen LogP) is 1.88. The molecule has 0 aliphatic carbocycles. The van der Waals surface area contributed by atoms with Gasteiger partial charge >= 0.3 is 6.03 Å². The first-order chi connectivity index (χ1) is 10.1. The summed E-state index contributed by atoms with van der Waals surface area (Å²) in [4.78, 5) is 13.6. The quantitative estimate of drug-likeness (QED) is 0.684. The Labute approximate surface area is 127 Å². The summed E-state index contributed by atoms with van der Waals surface area (Å²) < 4.78 is 5.69. The predicted molar refractivity (Wildman–Crippen MR) is 85.9 cm³/mol. The highest BCUT2D eigenvalue weighted by molar-refractivity contribution is 5.73. The highest BCUT2D eigenvalue weighted by atomic mass is 16.5. The lowest BCUT2D eigenvalue weighted by Gasteiger charge is -2.12. The molecule has 5 nitrogen and oxygen atoms in total. The van der Waals surface area contributed by atoms with Gasteiger partial charge < -0.3 is 20.3 Å². The number of amides is 2. The Kier molecular flexibility index (Phi) is 8.28. The SMILES string of the molecule is CCc1ccccc1OCCNC(=O)NCCCN(C)C. The van der Waals surface area contributed by atoms with E-state index in [-0.39, 0.29) is 6.03 Å². The van der Waals surface area contributed by atoms with Crippen LogP contribution in [0.1, 0.15) is 18.9 Å². The van der Waals surface area contributed by atoms with E-state index in [0.29, 0.717) is 19.7 Å². The Bertz CT molecular complexity index is 422. The molecule has 0 saturated heterocycles. The largest absolute Gasteiger partial charge is 0.491 e. The molecule has 1 aromatic rings. The van der Waals surface area contributed by atoms with Crippen molar-refractivity contribution in [2.24, 2.45) is 0 Å². The van der Waals surface area contributed by atoms with Crippen molar-refractivity contribution in [3.8, 4) is 5.75 Å². The fourth-order valence-electron chi connectivity index (χ4n) is 1.92. The molecule has 0 spiro atoms. The van der Waals surface area contributed by atoms with Gasteiger partial charge in [0.05, 0.1) is 6.54 Å². The van der Waals surface area contributed by atoms with Gasteiger partial charge in [0.25, 0.3) is 0 Å². The molecule has 0 aliphatic rings. The number of carbonyl (C=O) groups is 1. The van der Waals surface area contributed by atoms with E-state index in [2.05, 4.69) is 28.5 Å². The van der Waals surface area contributed by atoms with Crippen molar-refractivity contribution in [3.05, 3.63) is 29.8 Å². The van der Waals surface area contributed by atoms with Crippen LogP contribution in [0.3, 0.4) is 0 Å². The maximum absolute atomic E-state index is 11.5. The molecule has 0 heterocycles. The lowest BCUT2D eigenvalue weighted by Crippen LogP contribution is -2.38. The maximum Gasteiger partial charge on any atom is 0.314 e. The van der Waals surface area contributed by atoms with E-state index in [4.69, 9.17) is 4.74 Å². The summed E-state index contributed by atoms with van der Waals surface area (Å²) in [5.41, 5.74) is 1.19. The third-order valence-electron chi connectivity index (χ3n) is 3.07. The summed E-state index contributed by atoms with van der Waals surface area (Å²) in [5, 5.41) is 5.62. The molecule has 0 bridgehead atoms. The summed E-state index contributed by atoms with van der Waals surface area (Å²) in [6.07, 6.45) is 1.89. The third kappa shape index (κ3) is 7.56. The molecule has 0 aliphatic heterocycles. The van der Waals surface area contributed by atoms with Crippen LogP contribution >= 0.6 is 0 Å². The summed E-state index contributed by atoms with van der Waals surface area (Å²) in [6, 6.07) is 7.84. The van der Waals surface area contributed by atoms with Gasteiger partial charge in [0.2, 0.25) is 0 Å². The first-order valence-electron chi connectivity index (χ1n) is 7.50. The Hall–Kier alpha value is -1.75. The highest BCUT2D eigenvalue weighted by Crippen LogP contribution is 2.17. The molecule has 0 saturated carbocycles. The number of nitrogens with zero attached hydrogens (tertiary/aromatic N) is 1. The topological polar surface area (TPSA) is 53.6 Å². The van der Waals surface area contributed by atoms with E-state index < -0.39 is 0 Å². The average molecular weight is 293 g/mol. The van der Waals surface area contributed by atoms with Gasteiger partial charge in [-0.25, -0.2) is 4.79 Å². The Morgan fingerprint density at radius 2 is 1.90 bits per heavy atom. The van der Waals surface area contributed by atoms with Crippen molar-refractivity contribution in [1.29, 1.82) is 0 Å². The van der Waals surface area contributed by atoms with Crippen LogP contribution in [0.2, 0.25) is 0 Å². The zero-order valence-electron chi connectivity index (χ0n) is 13.3. The fourth-order valence-corrected chi connectivity index (χ4v) is 1.92. The van der Waals surface area contributed by atoms with Gasteiger partial charge in [-0.3, -0.25) is 0 Å². The number of carbonyl (C=O) groups excluding carboxylic acids is 1. The number of ether oxygens (including phenoxy) is 1. The van der Waals surface area contributed by atoms with Gasteiger partial charge in [0, 0.05) is 6.54 Å². The fraction of sp³-hybridized carbons (Fsp3) is 0.562. The first kappa shape index (κ1) is 17.3. The molecule has 0 radical (unpaired) electrons. The molecule has 5 heteroatoms. The van der Waals surface area contributed by atoms with Gasteiger partial charge in [-0.05, 0) is 45.1 Å². The van der Waals surface area contributed by atoms with Crippen molar-refractivity contribution in [1.82, 2.24) is 15.5 Å². The van der Waals surface area contributed by atoms with Crippen LogP contribution in [0, 0.1) is 0 Å². The molecule has 0 atom stereocenters. The number of rotatable bonds is 9. The Morgan fingerprint density at radius 1 is 1.19 bits per heavy atom. The average Bonchev–Trinajstić information content (AvgIpc) is 2.48. The molecule has 2 N–H and O–H groups in total. The van der Waals surface area contributed by atoms with Gasteiger partial charge in [0.15, 0.2) is 0 Å². The Morgan fingerprint density at radius 3 is 2.62 bits per heavy atom. The number of urea groups is 1. The zero-order valence-corrected chi connectivity index (χ0v) is 13.3. The molecule has 1 rings (SSSR count). The molecule has 21 heavy (non-hydrogen) atoms. The third-order valence-corrected chi connectivity index (χ3v) is 3.07. The number of benzene rings is 1. The first-order valence-corrected chi connectivity index (χ1v) is 7.50. The maximum atomic E-state index is 11.5. The van der Waals surface area contributed by atoms with Crippen LogP contribution < -0.4 is 15.4 Å². The molecule has 2 amide bonds. The van der Waals surface area contributed by atoms with Crippen molar-refractivity contribution in [2.45, 2.75) is 19.8 Å². The normalized spacial score (nSPS) is 10.5. The lowest BCUT2D eigenvalue weighted by molar-refractivity contribution is 0.235. The molecule has 118 valence electrons. The molecule has 0 fully saturated rings. The van der Waals surface area contributed by atoms with Crippen LogP contribution in [0.25, 0.3) is 0 Å². The molecule has 1 aromatic carbocycles. The minimum absolute atomic E-state index is 0.138. The van der Waals surface area contributed by atoms with Crippen molar-refractivity contribution in [3.63, 3.8) is 0 Å². The van der Waals surface area contributed by atoms with Crippen LogP contribution in [-0.2, 0) is 6.42 Å². The summed E-state index contributed by atoms with van der Waals surface area (Å²) in [7, 11) is 4.04. The summed E-state index contributed by atoms with van der Waals surface area (Å²) >= 11 is 0. The molecule has 0 unspecified atom stereocenters.